The molecule has 0 atom stereocenters. The van der Waals surface area contributed by atoms with Crippen LogP contribution in [0.5, 0.6) is 0 Å². The second-order valence-electron chi connectivity index (χ2n) is 4.33. The van der Waals surface area contributed by atoms with E-state index in [-0.39, 0.29) is 0 Å². The van der Waals surface area contributed by atoms with Crippen molar-refractivity contribution in [3.63, 3.8) is 0 Å². The Labute approximate surface area is 86.1 Å². The van der Waals surface area contributed by atoms with Crippen LogP contribution in [-0.4, -0.2) is 10.7 Å². The third kappa shape index (κ3) is 4.24. The predicted octanol–water partition coefficient (Wildman–Crippen LogP) is 3.17. The first-order valence-corrected chi connectivity index (χ1v) is 4.93. The van der Waals surface area contributed by atoms with Gasteiger partial charge in [-0.05, 0) is 32.8 Å². The number of hydrogen-bond donors (Lipinski definition) is 1. The lowest BCUT2D eigenvalue weighted by Crippen LogP contribution is -2.16. The summed E-state index contributed by atoms with van der Waals surface area (Å²) in [6.07, 6.45) is 4.74. The molecule has 0 fully saturated rings. The zero-order valence-electron chi connectivity index (χ0n) is 9.12. The Morgan fingerprint density at radius 1 is 1.36 bits per heavy atom. The predicted molar refractivity (Wildman–Crippen MR) is 61.1 cm³/mol. The summed E-state index contributed by atoms with van der Waals surface area (Å²) in [6.45, 7) is 5.70. The molecule has 0 heterocycles. The van der Waals surface area contributed by atoms with Gasteiger partial charge in [0.1, 0.15) is 0 Å². The molecule has 0 saturated carbocycles. The maximum absolute atomic E-state index is 9.50. The van der Waals surface area contributed by atoms with Crippen LogP contribution in [0.2, 0.25) is 0 Å². The minimum Gasteiger partial charge on any atom is -0.390 e. The maximum Gasteiger partial charge on any atom is 0.0626 e. The van der Waals surface area contributed by atoms with E-state index in [2.05, 4.69) is 25.1 Å². The largest absolute Gasteiger partial charge is 0.390 e. The van der Waals surface area contributed by atoms with Gasteiger partial charge >= 0.3 is 0 Å². The first-order valence-electron chi connectivity index (χ1n) is 4.93. The van der Waals surface area contributed by atoms with Crippen molar-refractivity contribution in [3.05, 3.63) is 41.5 Å². The highest BCUT2D eigenvalue weighted by atomic mass is 16.3. The van der Waals surface area contributed by atoms with E-state index in [1.54, 1.807) is 0 Å². The van der Waals surface area contributed by atoms with Crippen LogP contribution < -0.4 is 0 Å². The second kappa shape index (κ2) is 4.43. The molecule has 0 aromatic heterocycles. The average molecular weight is 190 g/mol. The lowest BCUT2D eigenvalue weighted by molar-refractivity contribution is 0.0841. The van der Waals surface area contributed by atoms with E-state index in [0.29, 0.717) is 6.42 Å². The van der Waals surface area contributed by atoms with Gasteiger partial charge in [-0.25, -0.2) is 0 Å². The lowest BCUT2D eigenvalue weighted by atomic mass is 10.0. The van der Waals surface area contributed by atoms with Crippen molar-refractivity contribution < 1.29 is 5.11 Å². The molecular weight excluding hydrogens is 172 g/mol. The topological polar surface area (TPSA) is 20.2 Å². The zero-order valence-corrected chi connectivity index (χ0v) is 9.12. The van der Waals surface area contributed by atoms with E-state index in [0.717, 1.165) is 0 Å². The summed E-state index contributed by atoms with van der Waals surface area (Å²) in [5, 5.41) is 9.50. The van der Waals surface area contributed by atoms with Gasteiger partial charge in [0.15, 0.2) is 0 Å². The van der Waals surface area contributed by atoms with Gasteiger partial charge in [-0.2, -0.15) is 0 Å². The first kappa shape index (κ1) is 11.0. The molecule has 0 aliphatic rings. The number of rotatable bonds is 3. The van der Waals surface area contributed by atoms with E-state index < -0.39 is 5.60 Å². The SMILES string of the molecule is Cc1cccc(/C=C/CC(C)(C)O)c1. The van der Waals surface area contributed by atoms with Crippen molar-refractivity contribution in [2.24, 2.45) is 0 Å². The van der Waals surface area contributed by atoms with Crippen LogP contribution in [0.1, 0.15) is 31.4 Å². The summed E-state index contributed by atoms with van der Waals surface area (Å²) in [5.41, 5.74) is 1.84. The molecule has 0 bridgehead atoms. The van der Waals surface area contributed by atoms with Crippen molar-refractivity contribution in [2.75, 3.05) is 0 Å². The molecule has 1 N–H and O–H groups in total. The van der Waals surface area contributed by atoms with E-state index in [1.807, 2.05) is 32.1 Å². The van der Waals surface area contributed by atoms with Crippen LogP contribution in [0, 0.1) is 6.92 Å². The third-order valence-electron chi connectivity index (χ3n) is 1.97. The number of hydrogen-bond acceptors (Lipinski definition) is 1. The van der Waals surface area contributed by atoms with Crippen LogP contribution in [0.15, 0.2) is 30.3 Å². The molecule has 1 aromatic rings. The van der Waals surface area contributed by atoms with E-state index >= 15 is 0 Å². The van der Waals surface area contributed by atoms with Crippen LogP contribution >= 0.6 is 0 Å². The Balaban J connectivity index is 2.61. The van der Waals surface area contributed by atoms with Crippen molar-refractivity contribution in [1.82, 2.24) is 0 Å². The van der Waals surface area contributed by atoms with Gasteiger partial charge in [-0.3, -0.25) is 0 Å². The Kier molecular flexibility index (Phi) is 3.48. The molecule has 14 heavy (non-hydrogen) atoms. The molecule has 1 aromatic carbocycles. The Hall–Kier alpha value is -1.08. The quantitative estimate of drug-likeness (QED) is 0.776. The van der Waals surface area contributed by atoms with Crippen LogP contribution in [0.25, 0.3) is 6.08 Å². The zero-order chi connectivity index (χ0) is 10.6. The monoisotopic (exact) mass is 190 g/mol. The Bertz CT molecular complexity index is 318. The molecule has 1 nitrogen and oxygen atoms in total. The summed E-state index contributed by atoms with van der Waals surface area (Å²) in [5.74, 6) is 0. The summed E-state index contributed by atoms with van der Waals surface area (Å²) in [7, 11) is 0. The molecule has 0 saturated heterocycles. The fraction of sp³-hybridized carbons (Fsp3) is 0.385. The molecule has 1 rings (SSSR count). The second-order valence-corrected chi connectivity index (χ2v) is 4.33. The molecule has 1 heteroatoms. The van der Waals surface area contributed by atoms with E-state index in [4.69, 9.17) is 0 Å². The average Bonchev–Trinajstić information content (AvgIpc) is 2.01. The number of benzene rings is 1. The van der Waals surface area contributed by atoms with Gasteiger partial charge in [0.2, 0.25) is 0 Å². The smallest absolute Gasteiger partial charge is 0.0626 e. The molecule has 76 valence electrons. The van der Waals surface area contributed by atoms with Gasteiger partial charge in [0.25, 0.3) is 0 Å². The van der Waals surface area contributed by atoms with Crippen molar-refractivity contribution >= 4 is 6.08 Å². The minimum absolute atomic E-state index is 0.611. The van der Waals surface area contributed by atoms with Crippen LogP contribution in [0.3, 0.4) is 0 Å². The normalized spacial score (nSPS) is 12.3. The number of aliphatic hydroxyl groups is 1. The summed E-state index contributed by atoms with van der Waals surface area (Å²) >= 11 is 0. The molecule has 0 unspecified atom stereocenters. The van der Waals surface area contributed by atoms with Crippen LogP contribution in [0.4, 0.5) is 0 Å². The molecule has 0 aliphatic heterocycles. The Morgan fingerprint density at radius 3 is 2.64 bits per heavy atom. The van der Waals surface area contributed by atoms with Crippen molar-refractivity contribution in [1.29, 1.82) is 0 Å². The molecule has 0 amide bonds. The van der Waals surface area contributed by atoms with Gasteiger partial charge in [-0.15, -0.1) is 0 Å². The Morgan fingerprint density at radius 2 is 2.07 bits per heavy atom. The van der Waals surface area contributed by atoms with Crippen LogP contribution in [-0.2, 0) is 0 Å². The third-order valence-corrected chi connectivity index (χ3v) is 1.97. The van der Waals surface area contributed by atoms with Gasteiger partial charge in [-0.1, -0.05) is 42.0 Å². The highest BCUT2D eigenvalue weighted by molar-refractivity contribution is 5.50. The van der Waals surface area contributed by atoms with Crippen molar-refractivity contribution in [2.45, 2.75) is 32.8 Å². The lowest BCUT2D eigenvalue weighted by Gasteiger charge is -2.13. The summed E-state index contributed by atoms with van der Waals surface area (Å²) in [4.78, 5) is 0. The standard InChI is InChI=1S/C13H18O/c1-11-6-4-7-12(10-11)8-5-9-13(2,3)14/h4-8,10,14H,9H2,1-3H3/b8-5+. The van der Waals surface area contributed by atoms with E-state index in [9.17, 15) is 5.11 Å². The van der Waals surface area contributed by atoms with E-state index in [1.165, 1.54) is 11.1 Å². The van der Waals surface area contributed by atoms with Gasteiger partial charge in [0, 0.05) is 0 Å². The highest BCUT2D eigenvalue weighted by Gasteiger charge is 2.08. The summed E-state index contributed by atoms with van der Waals surface area (Å²) in [6, 6.07) is 8.31. The first-order chi connectivity index (χ1) is 6.47. The molecular formula is C13H18O. The van der Waals surface area contributed by atoms with Crippen molar-refractivity contribution in [3.8, 4) is 0 Å². The molecule has 0 radical (unpaired) electrons. The highest BCUT2D eigenvalue weighted by Crippen LogP contribution is 2.11. The fourth-order valence-electron chi connectivity index (χ4n) is 1.26. The molecule has 0 spiro atoms. The van der Waals surface area contributed by atoms with Gasteiger partial charge in [0.05, 0.1) is 5.60 Å². The van der Waals surface area contributed by atoms with Gasteiger partial charge < -0.3 is 5.11 Å². The molecule has 0 aliphatic carbocycles. The fourth-order valence-corrected chi connectivity index (χ4v) is 1.26. The number of aryl methyl sites for hydroxylation is 1. The summed E-state index contributed by atoms with van der Waals surface area (Å²) < 4.78 is 0. The minimum atomic E-state index is -0.611. The maximum atomic E-state index is 9.50.